The van der Waals surface area contributed by atoms with E-state index in [0.717, 1.165) is 18.5 Å². The second kappa shape index (κ2) is 11.1. The molecule has 0 aliphatic rings. The van der Waals surface area contributed by atoms with Crippen LogP contribution < -0.4 is 10.6 Å². The number of methoxy groups -OCH3 is 1. The Kier molecular flexibility index (Phi) is 10.4. The van der Waals surface area contributed by atoms with Crippen molar-refractivity contribution in [1.29, 1.82) is 0 Å². The molecule has 6 heteroatoms. The van der Waals surface area contributed by atoms with Crippen LogP contribution in [0.5, 0.6) is 0 Å². The lowest BCUT2D eigenvalue weighted by molar-refractivity contribution is -0.141. The van der Waals surface area contributed by atoms with Crippen molar-refractivity contribution in [2.24, 2.45) is 0 Å². The highest BCUT2D eigenvalue weighted by Gasteiger charge is 2.20. The second-order valence-electron chi connectivity index (χ2n) is 6.98. The first-order valence-corrected chi connectivity index (χ1v) is 8.39. The molecule has 0 fully saturated rings. The number of amides is 1. The Morgan fingerprint density at radius 1 is 1.16 bits per heavy atom. The Balaban J connectivity index is 0.00000576. The summed E-state index contributed by atoms with van der Waals surface area (Å²) >= 11 is 0. The normalized spacial score (nSPS) is 12.0. The average molecular weight is 371 g/mol. The van der Waals surface area contributed by atoms with Gasteiger partial charge in [0.15, 0.2) is 0 Å². The number of carbonyl (C=O) groups is 2. The zero-order valence-electron chi connectivity index (χ0n) is 15.8. The number of hydrogen-bond donors (Lipinski definition) is 2. The highest BCUT2D eigenvalue weighted by atomic mass is 35.5. The third kappa shape index (κ3) is 8.36. The summed E-state index contributed by atoms with van der Waals surface area (Å²) in [5.74, 6) is -0.394. The van der Waals surface area contributed by atoms with Crippen LogP contribution in [0.2, 0.25) is 0 Å². The van der Waals surface area contributed by atoms with E-state index in [0.29, 0.717) is 6.42 Å². The molecule has 5 nitrogen and oxygen atoms in total. The van der Waals surface area contributed by atoms with Gasteiger partial charge in [0.05, 0.1) is 19.6 Å². The Morgan fingerprint density at radius 2 is 1.76 bits per heavy atom. The van der Waals surface area contributed by atoms with Crippen molar-refractivity contribution in [3.8, 4) is 0 Å². The van der Waals surface area contributed by atoms with Crippen LogP contribution >= 0.6 is 12.4 Å². The SMILES string of the molecule is CNCCCC(=O)NC(CC(=O)OC)c1ccc(C(C)(C)C)cc1.Cl. The van der Waals surface area contributed by atoms with E-state index in [1.807, 2.05) is 31.3 Å². The largest absolute Gasteiger partial charge is 0.469 e. The summed E-state index contributed by atoms with van der Waals surface area (Å²) in [6.45, 7) is 7.24. The molecule has 1 aromatic rings. The second-order valence-corrected chi connectivity index (χ2v) is 6.98. The maximum atomic E-state index is 12.1. The van der Waals surface area contributed by atoms with Crippen molar-refractivity contribution in [3.63, 3.8) is 0 Å². The van der Waals surface area contributed by atoms with Gasteiger partial charge in [-0.2, -0.15) is 0 Å². The van der Waals surface area contributed by atoms with Crippen LogP contribution in [0.4, 0.5) is 0 Å². The monoisotopic (exact) mass is 370 g/mol. The van der Waals surface area contributed by atoms with Gasteiger partial charge in [0.1, 0.15) is 0 Å². The Morgan fingerprint density at radius 3 is 2.24 bits per heavy atom. The molecule has 0 aliphatic carbocycles. The molecule has 0 heterocycles. The quantitative estimate of drug-likeness (QED) is 0.545. The van der Waals surface area contributed by atoms with Gasteiger partial charge >= 0.3 is 5.97 Å². The van der Waals surface area contributed by atoms with Gasteiger partial charge in [-0.3, -0.25) is 9.59 Å². The van der Waals surface area contributed by atoms with Crippen molar-refractivity contribution in [1.82, 2.24) is 10.6 Å². The van der Waals surface area contributed by atoms with Gasteiger partial charge in [0, 0.05) is 6.42 Å². The zero-order chi connectivity index (χ0) is 18.2. The maximum absolute atomic E-state index is 12.1. The molecule has 0 aromatic heterocycles. The molecule has 1 atom stereocenters. The lowest BCUT2D eigenvalue weighted by atomic mass is 9.86. The highest BCUT2D eigenvalue weighted by Crippen LogP contribution is 2.25. The van der Waals surface area contributed by atoms with Gasteiger partial charge in [-0.1, -0.05) is 45.0 Å². The minimum absolute atomic E-state index is 0. The minimum atomic E-state index is -0.367. The molecule has 0 saturated carbocycles. The standard InChI is InChI=1S/C19H30N2O3.ClH/c1-19(2,3)15-10-8-14(9-11-15)16(13-18(23)24-5)21-17(22)7-6-12-20-4;/h8-11,16,20H,6-7,12-13H2,1-5H3,(H,21,22);1H. The molecule has 1 aromatic carbocycles. The van der Waals surface area contributed by atoms with Crippen molar-refractivity contribution >= 4 is 24.3 Å². The Bertz CT molecular complexity index is 539. The molecule has 1 amide bonds. The topological polar surface area (TPSA) is 67.4 Å². The van der Waals surface area contributed by atoms with E-state index in [9.17, 15) is 9.59 Å². The predicted octanol–water partition coefficient (Wildman–Crippen LogP) is 3.13. The van der Waals surface area contributed by atoms with Crippen LogP contribution in [0.15, 0.2) is 24.3 Å². The third-order valence-electron chi connectivity index (χ3n) is 3.94. The third-order valence-corrected chi connectivity index (χ3v) is 3.94. The van der Waals surface area contributed by atoms with Gasteiger partial charge in [-0.05, 0) is 36.6 Å². The number of ether oxygens (including phenoxy) is 1. The molecule has 0 bridgehead atoms. The zero-order valence-corrected chi connectivity index (χ0v) is 16.7. The fraction of sp³-hybridized carbons (Fsp3) is 0.579. The van der Waals surface area contributed by atoms with E-state index in [2.05, 4.69) is 31.4 Å². The number of hydrogen-bond acceptors (Lipinski definition) is 4. The maximum Gasteiger partial charge on any atom is 0.307 e. The summed E-state index contributed by atoms with van der Waals surface area (Å²) < 4.78 is 4.76. The molecule has 0 aliphatic heterocycles. The summed E-state index contributed by atoms with van der Waals surface area (Å²) in [5, 5.41) is 5.96. The van der Waals surface area contributed by atoms with Crippen molar-refractivity contribution in [2.75, 3.05) is 20.7 Å². The first-order valence-electron chi connectivity index (χ1n) is 8.39. The van der Waals surface area contributed by atoms with Gasteiger partial charge < -0.3 is 15.4 Å². The fourth-order valence-electron chi connectivity index (χ4n) is 2.41. The molecule has 2 N–H and O–H groups in total. The van der Waals surface area contributed by atoms with Gasteiger partial charge in [-0.15, -0.1) is 12.4 Å². The predicted molar refractivity (Wildman–Crippen MR) is 103 cm³/mol. The molecular weight excluding hydrogens is 340 g/mol. The summed E-state index contributed by atoms with van der Waals surface area (Å²) in [4.78, 5) is 23.8. The molecule has 25 heavy (non-hydrogen) atoms. The van der Waals surface area contributed by atoms with Crippen molar-refractivity contribution in [2.45, 2.75) is 51.5 Å². The smallest absolute Gasteiger partial charge is 0.307 e. The molecule has 1 unspecified atom stereocenters. The van der Waals surface area contributed by atoms with Crippen LogP contribution in [0.25, 0.3) is 0 Å². The van der Waals surface area contributed by atoms with E-state index in [4.69, 9.17) is 4.74 Å². The van der Waals surface area contributed by atoms with Crippen LogP contribution in [-0.2, 0) is 19.7 Å². The highest BCUT2D eigenvalue weighted by molar-refractivity contribution is 5.85. The van der Waals surface area contributed by atoms with E-state index in [1.165, 1.54) is 12.7 Å². The first kappa shape index (κ1) is 23.4. The van der Waals surface area contributed by atoms with Crippen molar-refractivity contribution < 1.29 is 14.3 Å². The van der Waals surface area contributed by atoms with Crippen LogP contribution in [0.3, 0.4) is 0 Å². The Hall–Kier alpha value is -1.59. The number of halogens is 1. The molecule has 0 saturated heterocycles. The van der Waals surface area contributed by atoms with Gasteiger partial charge in [0.25, 0.3) is 0 Å². The fourth-order valence-corrected chi connectivity index (χ4v) is 2.41. The number of esters is 1. The van der Waals surface area contributed by atoms with Crippen LogP contribution in [-0.4, -0.2) is 32.6 Å². The number of benzene rings is 1. The number of nitrogens with one attached hydrogen (secondary N) is 2. The lowest BCUT2D eigenvalue weighted by Crippen LogP contribution is -2.31. The van der Waals surface area contributed by atoms with E-state index < -0.39 is 0 Å². The average Bonchev–Trinajstić information content (AvgIpc) is 2.53. The number of carbonyl (C=O) groups excluding carboxylic acids is 2. The molecule has 0 radical (unpaired) electrons. The molecular formula is C19H31ClN2O3. The summed E-state index contributed by atoms with van der Waals surface area (Å²) in [5.41, 5.74) is 2.19. The van der Waals surface area contributed by atoms with Gasteiger partial charge in [-0.25, -0.2) is 0 Å². The summed E-state index contributed by atoms with van der Waals surface area (Å²) in [6, 6.07) is 7.68. The van der Waals surface area contributed by atoms with Gasteiger partial charge in [0.2, 0.25) is 5.91 Å². The van der Waals surface area contributed by atoms with Crippen molar-refractivity contribution in [3.05, 3.63) is 35.4 Å². The van der Waals surface area contributed by atoms with E-state index >= 15 is 0 Å². The Labute approximate surface area is 157 Å². The summed E-state index contributed by atoms with van der Waals surface area (Å²) in [7, 11) is 3.21. The van der Waals surface area contributed by atoms with Crippen LogP contribution in [0, 0.1) is 0 Å². The molecule has 0 spiro atoms. The first-order chi connectivity index (χ1) is 11.3. The summed E-state index contributed by atoms with van der Waals surface area (Å²) in [6.07, 6.45) is 1.32. The van der Waals surface area contributed by atoms with E-state index in [1.54, 1.807) is 0 Å². The number of rotatable bonds is 8. The minimum Gasteiger partial charge on any atom is -0.469 e. The molecule has 1 rings (SSSR count). The van der Waals surface area contributed by atoms with Crippen LogP contribution in [0.1, 0.15) is 57.2 Å². The lowest BCUT2D eigenvalue weighted by Gasteiger charge is -2.22. The molecule has 142 valence electrons. The van der Waals surface area contributed by atoms with E-state index in [-0.39, 0.29) is 42.2 Å².